The molecule has 2 aromatic carbocycles. The number of aromatic nitrogens is 5. The third-order valence-corrected chi connectivity index (χ3v) is 4.83. The van der Waals surface area contributed by atoms with Gasteiger partial charge in [-0.2, -0.15) is 9.73 Å². The highest BCUT2D eigenvalue weighted by atomic mass is 19.2. The Bertz CT molecular complexity index is 1400. The minimum absolute atomic E-state index is 0.251. The summed E-state index contributed by atoms with van der Waals surface area (Å²) in [5.41, 5.74) is 5.36. The van der Waals surface area contributed by atoms with Crippen molar-refractivity contribution >= 4 is 17.2 Å². The molecule has 3 heterocycles. The Hall–Kier alpha value is -4.20. The molecule has 0 bridgehead atoms. The van der Waals surface area contributed by atoms with Gasteiger partial charge in [0.15, 0.2) is 11.6 Å². The second-order valence-electron chi connectivity index (χ2n) is 7.01. The summed E-state index contributed by atoms with van der Waals surface area (Å²) in [5, 5.41) is 11.9. The monoisotopic (exact) mass is 414 g/mol. The average Bonchev–Trinajstić information content (AvgIpc) is 3.17. The molecule has 152 valence electrons. The zero-order valence-corrected chi connectivity index (χ0v) is 16.4. The molecule has 5 rings (SSSR count). The maximum Gasteiger partial charge on any atom is 0.227 e. The molecule has 0 saturated heterocycles. The van der Waals surface area contributed by atoms with Crippen LogP contribution in [-0.2, 0) is 0 Å². The summed E-state index contributed by atoms with van der Waals surface area (Å²) in [6, 6.07) is 17.1. The van der Waals surface area contributed by atoms with Crippen molar-refractivity contribution < 1.29 is 8.78 Å². The van der Waals surface area contributed by atoms with Gasteiger partial charge in [-0.25, -0.2) is 18.7 Å². The molecule has 0 atom stereocenters. The highest BCUT2D eigenvalue weighted by Crippen LogP contribution is 2.34. The van der Waals surface area contributed by atoms with Crippen LogP contribution in [0, 0.1) is 18.6 Å². The molecule has 0 aliphatic carbocycles. The highest BCUT2D eigenvalue weighted by Gasteiger charge is 2.18. The zero-order chi connectivity index (χ0) is 21.4. The maximum atomic E-state index is 13.6. The number of benzene rings is 2. The van der Waals surface area contributed by atoms with E-state index in [2.05, 4.69) is 25.5 Å². The van der Waals surface area contributed by atoms with E-state index in [0.29, 0.717) is 11.4 Å². The normalized spacial score (nSPS) is 11.1. The first-order valence-corrected chi connectivity index (χ1v) is 9.55. The molecule has 5 aromatic rings. The summed E-state index contributed by atoms with van der Waals surface area (Å²) < 4.78 is 28.3. The second-order valence-corrected chi connectivity index (χ2v) is 7.01. The zero-order valence-electron chi connectivity index (χ0n) is 16.4. The summed E-state index contributed by atoms with van der Waals surface area (Å²) in [4.78, 5) is 8.81. The number of hydrogen-bond donors (Lipinski definition) is 1. The van der Waals surface area contributed by atoms with Crippen molar-refractivity contribution in [1.29, 1.82) is 0 Å². The van der Waals surface area contributed by atoms with Gasteiger partial charge < -0.3 is 5.32 Å². The van der Waals surface area contributed by atoms with E-state index in [1.807, 2.05) is 43.3 Å². The fraction of sp³-hybridized carbons (Fsp3) is 0.0435. The van der Waals surface area contributed by atoms with E-state index >= 15 is 0 Å². The van der Waals surface area contributed by atoms with Gasteiger partial charge in [0.1, 0.15) is 5.69 Å². The van der Waals surface area contributed by atoms with Crippen LogP contribution in [0.5, 0.6) is 0 Å². The number of nitrogens with one attached hydrogen (secondary N) is 1. The van der Waals surface area contributed by atoms with Gasteiger partial charge in [-0.3, -0.25) is 0 Å². The molecule has 0 fully saturated rings. The molecule has 3 aromatic heterocycles. The Morgan fingerprint density at radius 2 is 1.74 bits per heavy atom. The minimum Gasteiger partial charge on any atom is -0.324 e. The number of aryl methyl sites for hydroxylation is 1. The van der Waals surface area contributed by atoms with Crippen LogP contribution < -0.4 is 5.32 Å². The highest BCUT2D eigenvalue weighted by molar-refractivity contribution is 5.90. The summed E-state index contributed by atoms with van der Waals surface area (Å²) >= 11 is 0. The summed E-state index contributed by atoms with van der Waals surface area (Å²) in [5.74, 6) is -1.61. The smallest absolute Gasteiger partial charge is 0.227 e. The van der Waals surface area contributed by atoms with Crippen molar-refractivity contribution in [2.24, 2.45) is 0 Å². The Morgan fingerprint density at radius 1 is 0.903 bits per heavy atom. The van der Waals surface area contributed by atoms with Gasteiger partial charge in [-0.15, -0.1) is 5.10 Å². The van der Waals surface area contributed by atoms with Crippen LogP contribution in [0.15, 0.2) is 73.1 Å². The van der Waals surface area contributed by atoms with Crippen molar-refractivity contribution in [2.75, 3.05) is 5.32 Å². The lowest BCUT2D eigenvalue weighted by Crippen LogP contribution is -1.99. The molecule has 0 aliphatic heterocycles. The molecule has 8 heteroatoms. The molecule has 0 unspecified atom stereocenters. The summed E-state index contributed by atoms with van der Waals surface area (Å²) in [6.07, 6.45) is 3.27. The van der Waals surface area contributed by atoms with Crippen molar-refractivity contribution in [3.05, 3.63) is 90.3 Å². The van der Waals surface area contributed by atoms with E-state index in [0.717, 1.165) is 40.0 Å². The Balaban J connectivity index is 1.62. The van der Waals surface area contributed by atoms with E-state index < -0.39 is 11.6 Å². The number of anilines is 2. The van der Waals surface area contributed by atoms with Crippen molar-refractivity contribution in [3.63, 3.8) is 0 Å². The van der Waals surface area contributed by atoms with Crippen LogP contribution in [-0.4, -0.2) is 24.8 Å². The van der Waals surface area contributed by atoms with E-state index in [1.54, 1.807) is 23.1 Å². The first-order valence-electron chi connectivity index (χ1n) is 9.55. The Morgan fingerprint density at radius 3 is 2.55 bits per heavy atom. The van der Waals surface area contributed by atoms with Crippen molar-refractivity contribution in [3.8, 4) is 22.5 Å². The number of hydrogen-bond acceptors (Lipinski definition) is 5. The lowest BCUT2D eigenvalue weighted by atomic mass is 10.0. The minimum atomic E-state index is -0.948. The first-order chi connectivity index (χ1) is 15.1. The van der Waals surface area contributed by atoms with Gasteiger partial charge >= 0.3 is 0 Å². The fourth-order valence-electron chi connectivity index (χ4n) is 3.32. The summed E-state index contributed by atoms with van der Waals surface area (Å²) in [7, 11) is 0. The lowest BCUT2D eigenvalue weighted by molar-refractivity contribution is 0.509. The molecule has 6 nitrogen and oxygen atoms in total. The quantitative estimate of drug-likeness (QED) is 0.439. The molecule has 0 spiro atoms. The van der Waals surface area contributed by atoms with Crippen LogP contribution in [0.3, 0.4) is 0 Å². The van der Waals surface area contributed by atoms with Gasteiger partial charge in [0.25, 0.3) is 0 Å². The van der Waals surface area contributed by atoms with Gasteiger partial charge in [0.2, 0.25) is 5.95 Å². The SMILES string of the molecule is Cc1ccc(-c2nn3ncccc3c2-c2ccnc(Nc3ccc(F)c(F)c3)n2)cc1. The maximum absolute atomic E-state index is 13.6. The first kappa shape index (κ1) is 18.8. The van der Waals surface area contributed by atoms with E-state index in [4.69, 9.17) is 0 Å². The summed E-state index contributed by atoms with van der Waals surface area (Å²) in [6.45, 7) is 2.02. The standard InChI is InChI=1S/C23H16F2N6/c1-14-4-6-15(7-5-14)22-21(20-3-2-11-27-31(20)30-22)19-10-12-26-23(29-19)28-16-8-9-17(24)18(25)13-16/h2-13H,1H3,(H,26,28,29). The molecule has 0 aliphatic rings. The Kier molecular flexibility index (Phi) is 4.59. The molecular weight excluding hydrogens is 398 g/mol. The predicted molar refractivity (Wildman–Crippen MR) is 114 cm³/mol. The van der Waals surface area contributed by atoms with Crippen LogP contribution in [0.1, 0.15) is 5.56 Å². The van der Waals surface area contributed by atoms with Crippen LogP contribution >= 0.6 is 0 Å². The van der Waals surface area contributed by atoms with Gasteiger partial charge in [-0.1, -0.05) is 29.8 Å². The molecule has 0 saturated carbocycles. The second kappa shape index (κ2) is 7.56. The van der Waals surface area contributed by atoms with Crippen molar-refractivity contribution in [1.82, 2.24) is 24.8 Å². The molecule has 1 N–H and O–H groups in total. The molecule has 31 heavy (non-hydrogen) atoms. The Labute approximate surface area is 176 Å². The van der Waals surface area contributed by atoms with E-state index in [1.165, 1.54) is 6.07 Å². The molecular formula is C23H16F2N6. The molecule has 0 radical (unpaired) electrons. The van der Waals surface area contributed by atoms with Gasteiger partial charge in [0.05, 0.1) is 16.8 Å². The molecule has 0 amide bonds. The largest absolute Gasteiger partial charge is 0.324 e. The van der Waals surface area contributed by atoms with E-state index in [-0.39, 0.29) is 5.95 Å². The van der Waals surface area contributed by atoms with Crippen molar-refractivity contribution in [2.45, 2.75) is 6.92 Å². The van der Waals surface area contributed by atoms with Crippen LogP contribution in [0.2, 0.25) is 0 Å². The number of halogens is 2. The number of fused-ring (bicyclic) bond motifs is 1. The lowest BCUT2D eigenvalue weighted by Gasteiger charge is -2.08. The predicted octanol–water partition coefficient (Wildman–Crippen LogP) is 5.18. The van der Waals surface area contributed by atoms with E-state index in [9.17, 15) is 8.78 Å². The van der Waals surface area contributed by atoms with Crippen LogP contribution in [0.4, 0.5) is 20.4 Å². The number of nitrogens with zero attached hydrogens (tertiary/aromatic N) is 5. The van der Waals surface area contributed by atoms with Crippen LogP contribution in [0.25, 0.3) is 28.0 Å². The topological polar surface area (TPSA) is 68.0 Å². The average molecular weight is 414 g/mol. The third-order valence-electron chi connectivity index (χ3n) is 4.83. The fourth-order valence-corrected chi connectivity index (χ4v) is 3.32. The van der Waals surface area contributed by atoms with Gasteiger partial charge in [0, 0.05) is 29.7 Å². The third kappa shape index (κ3) is 3.59. The van der Waals surface area contributed by atoms with Gasteiger partial charge in [-0.05, 0) is 37.3 Å². The number of rotatable bonds is 4.